The van der Waals surface area contributed by atoms with Crippen LogP contribution in [0.3, 0.4) is 0 Å². The third-order valence-corrected chi connectivity index (χ3v) is 4.34. The van der Waals surface area contributed by atoms with E-state index in [2.05, 4.69) is 13.5 Å². The molecule has 1 aliphatic rings. The zero-order valence-electron chi connectivity index (χ0n) is 5.03. The molecule has 0 spiro atoms. The lowest BCUT2D eigenvalue weighted by atomic mass is 10.9. The molecule has 42 valence electrons. The topological polar surface area (TPSA) is 9.23 Å². The van der Waals surface area contributed by atoms with Crippen molar-refractivity contribution in [3.8, 4) is 0 Å². The Kier molecular flexibility index (Phi) is 1.21. The van der Waals surface area contributed by atoms with E-state index in [1.165, 1.54) is 12.1 Å². The van der Waals surface area contributed by atoms with Crippen molar-refractivity contribution in [2.45, 2.75) is 25.6 Å². The van der Waals surface area contributed by atoms with Gasteiger partial charge in [-0.05, 0) is 25.6 Å². The maximum absolute atomic E-state index is 5.48. The van der Waals surface area contributed by atoms with Crippen LogP contribution in [-0.4, -0.2) is 14.9 Å². The molecule has 0 unspecified atom stereocenters. The van der Waals surface area contributed by atoms with Gasteiger partial charge in [0.15, 0.2) is 8.32 Å². The molecule has 1 aliphatic heterocycles. The highest BCUT2D eigenvalue weighted by atomic mass is 28.4. The van der Waals surface area contributed by atoms with E-state index in [9.17, 15) is 0 Å². The Bertz CT molecular complexity index is 68.5. The molecule has 1 rings (SSSR count). The quantitative estimate of drug-likeness (QED) is 0.498. The minimum Gasteiger partial charge on any atom is -0.417 e. The molecule has 0 aromatic rings. The molecule has 0 saturated carbocycles. The lowest BCUT2D eigenvalue weighted by molar-refractivity contribution is 0.344. The number of rotatable bonds is 2. The van der Waals surface area contributed by atoms with E-state index >= 15 is 0 Å². The molecule has 0 radical (unpaired) electrons. The summed E-state index contributed by atoms with van der Waals surface area (Å²) in [5.41, 5.74) is 0. The Morgan fingerprint density at radius 2 is 2.14 bits per heavy atom. The predicted octanol–water partition coefficient (Wildman–Crippen LogP) is 1.61. The Morgan fingerprint density at radius 3 is 2.29 bits per heavy atom. The second-order valence-electron chi connectivity index (χ2n) is 2.38. The van der Waals surface area contributed by atoms with Crippen LogP contribution in [0.2, 0.25) is 18.6 Å². The largest absolute Gasteiger partial charge is 0.417 e. The summed E-state index contributed by atoms with van der Waals surface area (Å²) in [5.74, 6) is 0. The van der Waals surface area contributed by atoms with Crippen LogP contribution < -0.4 is 0 Å². The van der Waals surface area contributed by atoms with Gasteiger partial charge in [0.05, 0.1) is 0 Å². The Hall–Kier alpha value is 0.177. The van der Waals surface area contributed by atoms with Gasteiger partial charge in [0.2, 0.25) is 0 Å². The normalized spacial score (nSPS) is 24.9. The van der Waals surface area contributed by atoms with Crippen molar-refractivity contribution in [1.29, 1.82) is 0 Å². The first-order chi connectivity index (χ1) is 3.27. The second kappa shape index (κ2) is 1.60. The maximum Gasteiger partial charge on any atom is 0.189 e. The third-order valence-electron chi connectivity index (χ3n) is 1.45. The zero-order valence-corrected chi connectivity index (χ0v) is 6.03. The molecule has 1 saturated heterocycles. The lowest BCUT2D eigenvalue weighted by Gasteiger charge is -2.02. The Labute approximate surface area is 45.8 Å². The smallest absolute Gasteiger partial charge is 0.189 e. The molecule has 0 N–H and O–H groups in total. The maximum atomic E-state index is 5.48. The number of hydrogen-bond donors (Lipinski definition) is 0. The van der Waals surface area contributed by atoms with Crippen molar-refractivity contribution in [1.82, 2.24) is 0 Å². The number of hydrogen-bond acceptors (Lipinski definition) is 1. The van der Waals surface area contributed by atoms with Crippen LogP contribution in [0.15, 0.2) is 0 Å². The van der Waals surface area contributed by atoms with Crippen molar-refractivity contribution in [3.63, 3.8) is 0 Å². The molecule has 0 aromatic carbocycles. The molecule has 0 bridgehead atoms. The van der Waals surface area contributed by atoms with Gasteiger partial charge in [0, 0.05) is 6.61 Å². The molecule has 1 nitrogen and oxygen atoms in total. The van der Waals surface area contributed by atoms with Gasteiger partial charge < -0.3 is 4.43 Å². The Balaban J connectivity index is 2.13. The van der Waals surface area contributed by atoms with E-state index < -0.39 is 8.32 Å². The van der Waals surface area contributed by atoms with Crippen molar-refractivity contribution in [3.05, 3.63) is 0 Å². The summed E-state index contributed by atoms with van der Waals surface area (Å²) >= 11 is 0. The molecule has 0 aromatic heterocycles. The van der Waals surface area contributed by atoms with E-state index in [1.54, 1.807) is 0 Å². The Morgan fingerprint density at radius 1 is 1.57 bits per heavy atom. The van der Waals surface area contributed by atoms with Gasteiger partial charge in [-0.1, -0.05) is 0 Å². The molecule has 2 heteroatoms. The van der Waals surface area contributed by atoms with E-state index in [1.807, 2.05) is 0 Å². The summed E-state index contributed by atoms with van der Waals surface area (Å²) in [6.45, 7) is 5.32. The van der Waals surface area contributed by atoms with Crippen molar-refractivity contribution in [2.24, 2.45) is 0 Å². The van der Waals surface area contributed by atoms with E-state index in [4.69, 9.17) is 4.43 Å². The average Bonchev–Trinajstić information content (AvgIpc) is 2.22. The van der Waals surface area contributed by atoms with Crippen LogP contribution in [0, 0.1) is 0 Å². The van der Waals surface area contributed by atoms with Crippen LogP contribution >= 0.6 is 0 Å². The molecular weight excluding hydrogens is 104 g/mol. The second-order valence-corrected chi connectivity index (χ2v) is 6.57. The molecule has 1 fully saturated rings. The minimum absolute atomic E-state index is 0.907. The van der Waals surface area contributed by atoms with Crippen LogP contribution in [0.5, 0.6) is 0 Å². The van der Waals surface area contributed by atoms with E-state index in [0.29, 0.717) is 0 Å². The van der Waals surface area contributed by atoms with E-state index in [-0.39, 0.29) is 0 Å². The van der Waals surface area contributed by atoms with Gasteiger partial charge in [0.25, 0.3) is 0 Å². The fraction of sp³-hybridized carbons (Fsp3) is 1.00. The fourth-order valence-electron chi connectivity index (χ4n) is 0.669. The molecule has 0 aliphatic carbocycles. The molecule has 1 heterocycles. The first-order valence-electron chi connectivity index (χ1n) is 2.91. The lowest BCUT2D eigenvalue weighted by Crippen LogP contribution is -2.13. The zero-order chi connectivity index (χ0) is 5.33. The van der Waals surface area contributed by atoms with Crippen LogP contribution in [0.1, 0.15) is 6.92 Å². The molecule has 0 atom stereocenters. The van der Waals surface area contributed by atoms with Crippen molar-refractivity contribution in [2.75, 3.05) is 6.61 Å². The van der Waals surface area contributed by atoms with Gasteiger partial charge in [-0.15, -0.1) is 0 Å². The highest BCUT2D eigenvalue weighted by Crippen LogP contribution is 2.36. The van der Waals surface area contributed by atoms with Gasteiger partial charge in [0.1, 0.15) is 0 Å². The third kappa shape index (κ3) is 1.28. The van der Waals surface area contributed by atoms with Crippen LogP contribution in [0.25, 0.3) is 0 Å². The van der Waals surface area contributed by atoms with Gasteiger partial charge in [-0.25, -0.2) is 0 Å². The highest BCUT2D eigenvalue weighted by Gasteiger charge is 2.41. The summed E-state index contributed by atoms with van der Waals surface area (Å²) in [7, 11) is -0.907. The van der Waals surface area contributed by atoms with Crippen LogP contribution in [-0.2, 0) is 4.43 Å². The first-order valence-corrected chi connectivity index (χ1v) is 5.73. The SMILES string of the molecule is CCO[Si]1(C)CC1. The van der Waals surface area contributed by atoms with Gasteiger partial charge >= 0.3 is 0 Å². The van der Waals surface area contributed by atoms with E-state index in [0.717, 1.165) is 6.61 Å². The average molecular weight is 116 g/mol. The molecule has 0 amide bonds. The summed E-state index contributed by atoms with van der Waals surface area (Å²) in [6, 6.07) is 2.81. The summed E-state index contributed by atoms with van der Waals surface area (Å²) < 4.78 is 5.48. The summed E-state index contributed by atoms with van der Waals surface area (Å²) in [6.07, 6.45) is 0. The molecular formula is C5H12OSi. The predicted molar refractivity (Wildman–Crippen MR) is 32.9 cm³/mol. The standard InChI is InChI=1S/C5H12OSi/c1-3-6-7(2)4-5-7/h3-5H2,1-2H3. The van der Waals surface area contributed by atoms with Crippen molar-refractivity contribution < 1.29 is 4.43 Å². The van der Waals surface area contributed by atoms with Crippen molar-refractivity contribution >= 4 is 8.32 Å². The van der Waals surface area contributed by atoms with Gasteiger partial charge in [-0.3, -0.25) is 0 Å². The fourth-order valence-corrected chi connectivity index (χ4v) is 3.06. The van der Waals surface area contributed by atoms with Gasteiger partial charge in [-0.2, -0.15) is 0 Å². The van der Waals surface area contributed by atoms with Crippen LogP contribution in [0.4, 0.5) is 0 Å². The minimum atomic E-state index is -0.907. The summed E-state index contributed by atoms with van der Waals surface area (Å²) in [5, 5.41) is 0. The highest BCUT2D eigenvalue weighted by molar-refractivity contribution is 6.82. The monoisotopic (exact) mass is 116 g/mol. The first kappa shape index (κ1) is 5.32. The molecule has 7 heavy (non-hydrogen) atoms. The summed E-state index contributed by atoms with van der Waals surface area (Å²) in [4.78, 5) is 0.